The van der Waals surface area contributed by atoms with Crippen LogP contribution in [0.2, 0.25) is 0 Å². The second-order valence-corrected chi connectivity index (χ2v) is 10.2. The van der Waals surface area contributed by atoms with Crippen LogP contribution in [0.5, 0.6) is 0 Å². The van der Waals surface area contributed by atoms with E-state index in [1.54, 1.807) is 0 Å². The largest absolute Gasteiger partial charge is 0.388 e. The number of hydrogen-bond donors (Lipinski definition) is 1. The van der Waals surface area contributed by atoms with Gasteiger partial charge >= 0.3 is 0 Å². The van der Waals surface area contributed by atoms with Crippen LogP contribution in [0.15, 0.2) is 0 Å². The van der Waals surface area contributed by atoms with Gasteiger partial charge in [-0.2, -0.15) is 0 Å². The maximum atomic E-state index is 12.4. The van der Waals surface area contributed by atoms with E-state index in [0.717, 1.165) is 4.31 Å². The van der Waals surface area contributed by atoms with Crippen LogP contribution in [-0.2, 0) is 24.6 Å². The fourth-order valence-corrected chi connectivity index (χ4v) is 7.01. The first-order valence-electron chi connectivity index (χ1n) is 6.60. The average Bonchev–Trinajstić information content (AvgIpc) is 2.70. The standard InChI is InChI=1S/C11H21NO6S2/c1-12(9-11(13)3-5-18-6-4-11)20(16,17)10-2-7-19(14,15)8-10/h10,13H,2-9H2,1H3. The van der Waals surface area contributed by atoms with Gasteiger partial charge in [-0.15, -0.1) is 0 Å². The topological polar surface area (TPSA) is 101 Å². The van der Waals surface area contributed by atoms with E-state index in [9.17, 15) is 21.9 Å². The number of rotatable bonds is 4. The van der Waals surface area contributed by atoms with Gasteiger partial charge in [-0.3, -0.25) is 0 Å². The van der Waals surface area contributed by atoms with Gasteiger partial charge in [-0.1, -0.05) is 0 Å². The van der Waals surface area contributed by atoms with E-state index < -0.39 is 30.7 Å². The minimum Gasteiger partial charge on any atom is -0.388 e. The highest BCUT2D eigenvalue weighted by Gasteiger charge is 2.42. The van der Waals surface area contributed by atoms with Gasteiger partial charge in [0, 0.05) is 39.6 Å². The summed E-state index contributed by atoms with van der Waals surface area (Å²) >= 11 is 0. The number of hydrogen-bond acceptors (Lipinski definition) is 6. The zero-order valence-corrected chi connectivity index (χ0v) is 13.1. The van der Waals surface area contributed by atoms with Gasteiger partial charge in [-0.25, -0.2) is 21.1 Å². The predicted molar refractivity (Wildman–Crippen MR) is 73.6 cm³/mol. The molecule has 0 spiro atoms. The zero-order chi connectivity index (χ0) is 15.0. The van der Waals surface area contributed by atoms with Gasteiger partial charge in [0.25, 0.3) is 0 Å². The van der Waals surface area contributed by atoms with Crippen molar-refractivity contribution in [2.24, 2.45) is 0 Å². The van der Waals surface area contributed by atoms with E-state index in [1.807, 2.05) is 0 Å². The maximum absolute atomic E-state index is 12.4. The predicted octanol–water partition coefficient (Wildman–Crippen LogP) is -1.02. The summed E-state index contributed by atoms with van der Waals surface area (Å²) in [5.41, 5.74) is -1.09. The van der Waals surface area contributed by atoms with E-state index in [2.05, 4.69) is 0 Å². The smallest absolute Gasteiger partial charge is 0.217 e. The summed E-state index contributed by atoms with van der Waals surface area (Å²) in [6.45, 7) is 0.791. The number of nitrogens with zero attached hydrogens (tertiary/aromatic N) is 1. The molecule has 1 N–H and O–H groups in total. The second kappa shape index (κ2) is 5.53. The zero-order valence-electron chi connectivity index (χ0n) is 11.5. The van der Waals surface area contributed by atoms with Crippen molar-refractivity contribution in [2.75, 3.05) is 38.3 Å². The molecule has 2 heterocycles. The highest BCUT2D eigenvalue weighted by molar-refractivity contribution is 7.95. The molecule has 0 aromatic rings. The van der Waals surface area contributed by atoms with Gasteiger partial charge < -0.3 is 9.84 Å². The van der Waals surface area contributed by atoms with Crippen molar-refractivity contribution in [3.8, 4) is 0 Å². The minimum atomic E-state index is -3.69. The lowest BCUT2D eigenvalue weighted by atomic mass is 9.95. The van der Waals surface area contributed by atoms with Gasteiger partial charge in [0.15, 0.2) is 9.84 Å². The van der Waals surface area contributed by atoms with Crippen molar-refractivity contribution < 1.29 is 26.7 Å². The normalized spacial score (nSPS) is 29.6. The molecule has 1 unspecified atom stereocenters. The molecular weight excluding hydrogens is 306 g/mol. The van der Waals surface area contributed by atoms with E-state index >= 15 is 0 Å². The molecule has 2 saturated heterocycles. The summed E-state index contributed by atoms with van der Waals surface area (Å²) in [4.78, 5) is 0. The summed E-state index contributed by atoms with van der Waals surface area (Å²) in [7, 11) is -5.55. The number of sulfonamides is 1. The average molecular weight is 327 g/mol. The molecule has 7 nitrogen and oxygen atoms in total. The van der Waals surface area contributed by atoms with Crippen LogP contribution in [-0.4, -0.2) is 75.4 Å². The Labute approximate surface area is 119 Å². The Morgan fingerprint density at radius 2 is 1.95 bits per heavy atom. The number of ether oxygens (including phenoxy) is 1. The Morgan fingerprint density at radius 1 is 1.35 bits per heavy atom. The van der Waals surface area contributed by atoms with Crippen LogP contribution in [0, 0.1) is 0 Å². The third kappa shape index (κ3) is 3.51. The molecule has 2 aliphatic heterocycles. The summed E-state index contributed by atoms with van der Waals surface area (Å²) in [5, 5.41) is 9.46. The summed E-state index contributed by atoms with van der Waals surface area (Å²) in [6, 6.07) is 0. The third-order valence-corrected chi connectivity index (χ3v) is 8.21. The molecule has 0 aromatic carbocycles. The number of likely N-dealkylation sites (N-methyl/N-ethyl adjacent to an activating group) is 1. The van der Waals surface area contributed by atoms with Crippen LogP contribution in [0.4, 0.5) is 0 Å². The molecule has 1 atom stereocenters. The van der Waals surface area contributed by atoms with Crippen LogP contribution in [0.25, 0.3) is 0 Å². The maximum Gasteiger partial charge on any atom is 0.217 e. The Hall–Kier alpha value is -0.220. The lowest BCUT2D eigenvalue weighted by Gasteiger charge is -2.35. The quantitative estimate of drug-likeness (QED) is 0.709. The van der Waals surface area contributed by atoms with E-state index in [-0.39, 0.29) is 24.5 Å². The lowest BCUT2D eigenvalue weighted by Crippen LogP contribution is -2.49. The van der Waals surface area contributed by atoms with Crippen LogP contribution < -0.4 is 0 Å². The molecule has 0 aromatic heterocycles. The molecule has 0 bridgehead atoms. The molecule has 20 heavy (non-hydrogen) atoms. The van der Waals surface area contributed by atoms with E-state index in [1.165, 1.54) is 7.05 Å². The second-order valence-electron chi connectivity index (χ2n) is 5.66. The van der Waals surface area contributed by atoms with Crippen LogP contribution in [0.3, 0.4) is 0 Å². The van der Waals surface area contributed by atoms with Gasteiger partial charge in [0.1, 0.15) is 0 Å². The first kappa shape index (κ1) is 16.2. The van der Waals surface area contributed by atoms with Gasteiger partial charge in [0.05, 0.1) is 22.4 Å². The first-order valence-corrected chi connectivity index (χ1v) is 9.93. The molecule has 118 valence electrons. The van der Waals surface area contributed by atoms with Crippen molar-refractivity contribution in [1.29, 1.82) is 0 Å². The Bertz CT molecular complexity index is 549. The molecule has 2 rings (SSSR count). The first-order chi connectivity index (χ1) is 9.15. The monoisotopic (exact) mass is 327 g/mol. The van der Waals surface area contributed by atoms with Crippen molar-refractivity contribution in [1.82, 2.24) is 4.31 Å². The third-order valence-electron chi connectivity index (χ3n) is 3.99. The SMILES string of the molecule is CN(CC1(O)CCOCC1)S(=O)(=O)C1CCS(=O)(=O)C1. The number of sulfone groups is 1. The molecule has 0 radical (unpaired) electrons. The van der Waals surface area contributed by atoms with Crippen molar-refractivity contribution in [3.05, 3.63) is 0 Å². The summed E-state index contributed by atoms with van der Waals surface area (Å²) < 4.78 is 53.8. The minimum absolute atomic E-state index is 0.0186. The van der Waals surface area contributed by atoms with Crippen LogP contribution in [0.1, 0.15) is 19.3 Å². The fraction of sp³-hybridized carbons (Fsp3) is 1.00. The van der Waals surface area contributed by atoms with E-state index in [4.69, 9.17) is 4.74 Å². The van der Waals surface area contributed by atoms with Gasteiger partial charge in [-0.05, 0) is 6.42 Å². The highest BCUT2D eigenvalue weighted by Crippen LogP contribution is 2.26. The van der Waals surface area contributed by atoms with Crippen molar-refractivity contribution in [3.63, 3.8) is 0 Å². The van der Waals surface area contributed by atoms with Crippen molar-refractivity contribution in [2.45, 2.75) is 30.1 Å². The lowest BCUT2D eigenvalue weighted by molar-refractivity contribution is -0.0690. The summed E-state index contributed by atoms with van der Waals surface area (Å²) in [5.74, 6) is -0.399. The number of aliphatic hydroxyl groups is 1. The Morgan fingerprint density at radius 3 is 2.45 bits per heavy atom. The highest BCUT2D eigenvalue weighted by atomic mass is 32.2. The molecule has 0 saturated carbocycles. The Balaban J connectivity index is 2.06. The fourth-order valence-electron chi connectivity index (χ4n) is 2.66. The van der Waals surface area contributed by atoms with Crippen molar-refractivity contribution >= 4 is 19.9 Å². The molecule has 9 heteroatoms. The molecule has 2 aliphatic rings. The van der Waals surface area contributed by atoms with E-state index in [0.29, 0.717) is 26.1 Å². The molecular formula is C11H21NO6S2. The summed E-state index contributed by atoms with van der Waals surface area (Å²) in [6.07, 6.45) is 0.905. The molecule has 0 amide bonds. The van der Waals surface area contributed by atoms with Gasteiger partial charge in [0.2, 0.25) is 10.0 Å². The molecule has 0 aliphatic carbocycles. The van der Waals surface area contributed by atoms with Crippen LogP contribution >= 0.6 is 0 Å². The Kier molecular flexibility index (Phi) is 4.46. The molecule has 2 fully saturated rings.